The van der Waals surface area contributed by atoms with E-state index >= 15 is 0 Å². The molecule has 0 spiro atoms. The van der Waals surface area contributed by atoms with Crippen molar-refractivity contribution in [2.45, 2.75) is 114 Å². The Kier molecular flexibility index (Phi) is 13.6. The zero-order chi connectivity index (χ0) is 38.7. The number of pyridine rings is 1. The van der Waals surface area contributed by atoms with Crippen LogP contribution in [0.4, 0.5) is 0 Å². The van der Waals surface area contributed by atoms with Gasteiger partial charge in [0.05, 0.1) is 12.5 Å². The molecule has 0 saturated heterocycles. The van der Waals surface area contributed by atoms with E-state index < -0.39 is 0 Å². The maximum absolute atomic E-state index is 12.2. The number of carbonyl (C=O) groups is 1. The van der Waals surface area contributed by atoms with Crippen LogP contribution in [0.15, 0.2) is 93.9 Å². The normalized spacial score (nSPS) is 12.6. The first-order chi connectivity index (χ1) is 25.1. The van der Waals surface area contributed by atoms with E-state index in [0.717, 1.165) is 76.2 Å². The molecule has 0 saturated carbocycles. The summed E-state index contributed by atoms with van der Waals surface area (Å²) in [5, 5.41) is 14.6. The predicted octanol–water partition coefficient (Wildman–Crippen LogP) is 14.0. The zero-order valence-electron chi connectivity index (χ0n) is 34.1. The van der Waals surface area contributed by atoms with Gasteiger partial charge in [0.25, 0.3) is 0 Å². The number of aliphatic hydroxyl groups excluding tert-OH is 1. The molecule has 3 aromatic heterocycles. The van der Waals surface area contributed by atoms with Crippen LogP contribution in [0.25, 0.3) is 55.2 Å². The Bertz CT molecular complexity index is 2240. The van der Waals surface area contributed by atoms with Gasteiger partial charge in [-0.2, -0.15) is 0 Å². The molecule has 5 nitrogen and oxygen atoms in total. The second-order valence-corrected chi connectivity index (χ2v) is 16.5. The van der Waals surface area contributed by atoms with Gasteiger partial charge in [0.15, 0.2) is 5.78 Å². The first kappa shape index (κ1) is 42.7. The van der Waals surface area contributed by atoms with Gasteiger partial charge >= 0.3 is 0 Å². The summed E-state index contributed by atoms with van der Waals surface area (Å²) >= 11 is 0. The molecule has 1 N–H and O–H groups in total. The molecule has 0 atom stereocenters. The number of rotatable bonds is 11. The second-order valence-electron chi connectivity index (χ2n) is 16.5. The molecular weight excluding hydrogens is 847 g/mol. The molecule has 3 aromatic carbocycles. The Hall–Kier alpha value is -3.99. The summed E-state index contributed by atoms with van der Waals surface area (Å²) in [5.74, 6) is 0.839. The number of fused-ring (bicyclic) bond motifs is 3. The Morgan fingerprint density at radius 2 is 1.43 bits per heavy atom. The van der Waals surface area contributed by atoms with Gasteiger partial charge < -0.3 is 13.9 Å². The van der Waals surface area contributed by atoms with Crippen molar-refractivity contribution in [2.75, 3.05) is 0 Å². The number of aliphatic hydroxyl groups is 1. The van der Waals surface area contributed by atoms with E-state index in [0.29, 0.717) is 11.6 Å². The van der Waals surface area contributed by atoms with E-state index in [1.807, 2.05) is 47.6 Å². The topological polar surface area (TPSA) is 76.5 Å². The van der Waals surface area contributed by atoms with Crippen molar-refractivity contribution in [3.8, 4) is 22.4 Å². The number of aromatic nitrogens is 1. The number of allylic oxidation sites excluding steroid dienone is 2. The number of furan rings is 2. The fraction of sp³-hybridized carbons (Fsp3) is 0.417. The summed E-state index contributed by atoms with van der Waals surface area (Å²) < 4.78 is 11.8. The van der Waals surface area contributed by atoms with Crippen molar-refractivity contribution in [1.82, 2.24) is 4.98 Å². The van der Waals surface area contributed by atoms with Crippen LogP contribution in [0.1, 0.15) is 113 Å². The van der Waals surface area contributed by atoms with Gasteiger partial charge in [0.1, 0.15) is 11.3 Å². The molecule has 0 aliphatic heterocycles. The van der Waals surface area contributed by atoms with Gasteiger partial charge in [-0.15, -0.1) is 29.1 Å². The summed E-state index contributed by atoms with van der Waals surface area (Å²) in [6.07, 6.45) is 9.24. The summed E-state index contributed by atoms with van der Waals surface area (Å²) in [7, 11) is 0. The van der Waals surface area contributed by atoms with E-state index in [4.69, 9.17) is 13.8 Å². The van der Waals surface area contributed by atoms with Gasteiger partial charge in [-0.25, -0.2) is 0 Å². The fourth-order valence-electron chi connectivity index (χ4n) is 6.94. The molecule has 6 aromatic rings. The van der Waals surface area contributed by atoms with E-state index in [-0.39, 0.29) is 47.9 Å². The average Bonchev–Trinajstić information content (AvgIpc) is 3.84. The van der Waals surface area contributed by atoms with E-state index in [1.165, 1.54) is 22.6 Å². The van der Waals surface area contributed by atoms with Crippen LogP contribution in [0.3, 0.4) is 0 Å². The molecule has 0 bridgehead atoms. The number of hydrogen-bond donors (Lipinski definition) is 1. The van der Waals surface area contributed by atoms with E-state index in [2.05, 4.69) is 95.3 Å². The first-order valence-electron chi connectivity index (χ1n) is 19.4. The maximum atomic E-state index is 12.2. The predicted molar refractivity (Wildman–Crippen MR) is 221 cm³/mol. The molecule has 0 unspecified atom stereocenters. The van der Waals surface area contributed by atoms with Crippen molar-refractivity contribution >= 4 is 38.6 Å². The summed E-state index contributed by atoms with van der Waals surface area (Å²) in [6, 6.07) is 25.0. The zero-order valence-corrected chi connectivity index (χ0v) is 36.5. The largest absolute Gasteiger partial charge is 0.512 e. The number of nitrogens with zero attached hydrogens (tertiary/aromatic N) is 1. The molecule has 6 rings (SSSR count). The summed E-state index contributed by atoms with van der Waals surface area (Å²) in [5.41, 5.74) is 7.53. The first-order valence-corrected chi connectivity index (χ1v) is 19.4. The van der Waals surface area contributed by atoms with Crippen molar-refractivity contribution in [3.63, 3.8) is 0 Å². The van der Waals surface area contributed by atoms with Gasteiger partial charge in [-0.3, -0.25) is 9.78 Å². The minimum Gasteiger partial charge on any atom is -0.512 e. The van der Waals surface area contributed by atoms with Crippen molar-refractivity contribution in [1.29, 1.82) is 0 Å². The van der Waals surface area contributed by atoms with Crippen LogP contribution >= 0.6 is 0 Å². The van der Waals surface area contributed by atoms with Crippen LogP contribution in [-0.2, 0) is 36.7 Å². The Morgan fingerprint density at radius 1 is 0.796 bits per heavy atom. The molecule has 54 heavy (non-hydrogen) atoms. The van der Waals surface area contributed by atoms with Crippen LogP contribution in [0.2, 0.25) is 0 Å². The summed E-state index contributed by atoms with van der Waals surface area (Å²) in [4.78, 5) is 17.1. The number of hydrogen-bond acceptors (Lipinski definition) is 5. The van der Waals surface area contributed by atoms with E-state index in [9.17, 15) is 9.90 Å². The maximum Gasteiger partial charge on any atom is 0.219 e. The molecule has 0 aliphatic carbocycles. The number of ketones is 1. The molecule has 1 radical (unpaired) electrons. The van der Waals surface area contributed by atoms with Crippen LogP contribution in [0, 0.1) is 22.8 Å². The van der Waals surface area contributed by atoms with Crippen LogP contribution in [-0.4, -0.2) is 15.9 Å². The van der Waals surface area contributed by atoms with Crippen molar-refractivity contribution in [3.05, 3.63) is 102 Å². The quantitative estimate of drug-likeness (QED) is 0.0796. The number of benzene rings is 3. The summed E-state index contributed by atoms with van der Waals surface area (Å²) in [6.45, 7) is 23.3. The van der Waals surface area contributed by atoms with Crippen molar-refractivity contribution in [2.24, 2.45) is 16.7 Å². The molecule has 0 aliphatic rings. The third-order valence-corrected chi connectivity index (χ3v) is 11.5. The molecule has 3 heterocycles. The smallest absolute Gasteiger partial charge is 0.219 e. The Morgan fingerprint density at radius 3 is 2.06 bits per heavy atom. The molecular formula is C48H58IrNO4-. The average molecular weight is 905 g/mol. The molecule has 0 amide bonds. The van der Waals surface area contributed by atoms with Gasteiger partial charge in [0.2, 0.25) is 5.71 Å². The van der Waals surface area contributed by atoms with Crippen LogP contribution in [0.5, 0.6) is 0 Å². The SMILES string of the molecule is CC(C)Cc1ccc(-c2cc(-c3[c-]c4ccccc4c(C(C)(C)C)c3)nc3occc23)c2ccoc12.CCC(C)(CC)C(=O)/C=C(\O)C(C)(CC)CC.[Ir]. The molecule has 289 valence electrons. The minimum atomic E-state index is -0.337. The Balaban J connectivity index is 0.000000309. The Labute approximate surface area is 336 Å². The second kappa shape index (κ2) is 17.2. The van der Waals surface area contributed by atoms with Gasteiger partial charge in [0, 0.05) is 53.5 Å². The van der Waals surface area contributed by atoms with Gasteiger partial charge in [-0.1, -0.05) is 124 Å². The van der Waals surface area contributed by atoms with Crippen LogP contribution < -0.4 is 0 Å². The minimum absolute atomic E-state index is 0. The standard InChI is InChI=1S/C33H30NO2.C15H28O2.Ir/c1-20(2)16-22-10-11-25(26-12-14-35-31(22)26)28-19-30(34-32-27(28)13-15-36-32)23-17-21-8-6-7-9-24(21)29(18-23)33(3,4)5;1-7-14(5,8-2)12(16)11-13(17)15(6,9-3)10-4;/h6-15,18-20H,16H2,1-5H3;11,16H,7-10H2,1-6H3;/q-1;;/b;12-11-;. The molecule has 6 heteroatoms. The van der Waals surface area contributed by atoms with E-state index in [1.54, 1.807) is 12.5 Å². The fourth-order valence-corrected chi connectivity index (χ4v) is 6.94. The third kappa shape index (κ3) is 8.77. The monoisotopic (exact) mass is 905 g/mol. The van der Waals surface area contributed by atoms with Crippen molar-refractivity contribution < 1.29 is 38.8 Å². The van der Waals surface area contributed by atoms with Gasteiger partial charge in [-0.05, 0) is 72.3 Å². The number of carbonyl (C=O) groups excluding carboxylic acids is 1. The molecule has 0 fully saturated rings. The third-order valence-electron chi connectivity index (χ3n) is 11.5.